The Balaban J connectivity index is 2.28. The Morgan fingerprint density at radius 3 is 2.71 bits per heavy atom. The predicted molar refractivity (Wildman–Crippen MR) is 53.5 cm³/mol. The fraction of sp³-hybridized carbons (Fsp3) is 0. The molecule has 5 heteroatoms. The third-order valence-corrected chi connectivity index (χ3v) is 2.79. The number of nitrogen functional groups attached to an aromatic ring is 1. The van der Waals surface area contributed by atoms with E-state index in [2.05, 4.69) is 10.2 Å². The standard InChI is InChI=1S/C9H8FN3S/c10-6-3-1-2-4-7(6)14-8-5-12-13-9(8)11/h1-5H,(H3,11,12,13). The van der Waals surface area contributed by atoms with Crippen LogP contribution >= 0.6 is 11.8 Å². The van der Waals surface area contributed by atoms with Gasteiger partial charge in [0.25, 0.3) is 0 Å². The average molecular weight is 209 g/mol. The van der Waals surface area contributed by atoms with Crippen LogP contribution in [0.2, 0.25) is 0 Å². The number of halogens is 1. The molecule has 0 bridgehead atoms. The lowest BCUT2D eigenvalue weighted by atomic mass is 10.3. The number of nitrogens with zero attached hydrogens (tertiary/aromatic N) is 1. The van der Waals surface area contributed by atoms with Gasteiger partial charge in [-0.1, -0.05) is 23.9 Å². The number of nitrogens with two attached hydrogens (primary N) is 1. The van der Waals surface area contributed by atoms with Gasteiger partial charge < -0.3 is 5.73 Å². The molecule has 0 atom stereocenters. The van der Waals surface area contributed by atoms with Crippen molar-refractivity contribution in [1.29, 1.82) is 0 Å². The molecular weight excluding hydrogens is 201 g/mol. The summed E-state index contributed by atoms with van der Waals surface area (Å²) >= 11 is 1.25. The van der Waals surface area contributed by atoms with Gasteiger partial charge in [0.1, 0.15) is 11.6 Å². The first kappa shape index (κ1) is 9.08. The second kappa shape index (κ2) is 3.71. The Labute approximate surface area is 84.5 Å². The van der Waals surface area contributed by atoms with E-state index in [1.165, 1.54) is 17.8 Å². The highest BCUT2D eigenvalue weighted by molar-refractivity contribution is 7.99. The second-order valence-corrected chi connectivity index (χ2v) is 3.76. The zero-order chi connectivity index (χ0) is 9.97. The molecule has 0 aliphatic carbocycles. The largest absolute Gasteiger partial charge is 0.383 e. The highest BCUT2D eigenvalue weighted by atomic mass is 32.2. The highest BCUT2D eigenvalue weighted by Crippen LogP contribution is 2.31. The molecule has 0 aliphatic rings. The Morgan fingerprint density at radius 2 is 2.07 bits per heavy atom. The number of H-pyrrole nitrogens is 1. The number of aromatic amines is 1. The van der Waals surface area contributed by atoms with Crippen LogP contribution in [0, 0.1) is 5.82 Å². The van der Waals surface area contributed by atoms with Crippen LogP contribution in [0.5, 0.6) is 0 Å². The summed E-state index contributed by atoms with van der Waals surface area (Å²) in [6.45, 7) is 0. The average Bonchev–Trinajstić information content (AvgIpc) is 2.56. The molecule has 2 aromatic rings. The number of rotatable bonds is 2. The van der Waals surface area contributed by atoms with E-state index in [9.17, 15) is 4.39 Å². The van der Waals surface area contributed by atoms with Gasteiger partial charge in [0, 0.05) is 4.90 Å². The lowest BCUT2D eigenvalue weighted by molar-refractivity contribution is 0.602. The Hall–Kier alpha value is -1.49. The van der Waals surface area contributed by atoms with E-state index in [0.717, 1.165) is 4.90 Å². The van der Waals surface area contributed by atoms with Gasteiger partial charge in [-0.2, -0.15) is 5.10 Å². The third-order valence-electron chi connectivity index (χ3n) is 1.69. The molecule has 14 heavy (non-hydrogen) atoms. The van der Waals surface area contributed by atoms with Gasteiger partial charge in [-0.15, -0.1) is 0 Å². The molecule has 1 aromatic carbocycles. The molecule has 0 aliphatic heterocycles. The van der Waals surface area contributed by atoms with Crippen LogP contribution < -0.4 is 5.73 Å². The minimum absolute atomic E-state index is 0.252. The van der Waals surface area contributed by atoms with Gasteiger partial charge in [-0.05, 0) is 12.1 Å². The van der Waals surface area contributed by atoms with E-state index in [0.29, 0.717) is 10.7 Å². The first-order valence-electron chi connectivity index (χ1n) is 3.98. The summed E-state index contributed by atoms with van der Waals surface area (Å²) in [5.74, 6) is 0.205. The summed E-state index contributed by atoms with van der Waals surface area (Å²) in [6.07, 6.45) is 1.58. The summed E-state index contributed by atoms with van der Waals surface area (Å²) < 4.78 is 13.2. The van der Waals surface area contributed by atoms with Crippen LogP contribution in [0.25, 0.3) is 0 Å². The minimum Gasteiger partial charge on any atom is -0.383 e. The molecule has 1 heterocycles. The van der Waals surface area contributed by atoms with E-state index < -0.39 is 0 Å². The maximum Gasteiger partial charge on any atom is 0.137 e. The smallest absolute Gasteiger partial charge is 0.137 e. The van der Waals surface area contributed by atoms with E-state index >= 15 is 0 Å². The summed E-state index contributed by atoms with van der Waals surface area (Å²) in [5, 5.41) is 6.35. The van der Waals surface area contributed by atoms with E-state index in [1.807, 2.05) is 0 Å². The summed E-state index contributed by atoms with van der Waals surface area (Å²) in [7, 11) is 0. The Bertz CT molecular complexity index is 441. The van der Waals surface area contributed by atoms with Gasteiger partial charge in [0.2, 0.25) is 0 Å². The summed E-state index contributed by atoms with van der Waals surface area (Å²) in [6, 6.07) is 6.55. The lowest BCUT2D eigenvalue weighted by Gasteiger charge is -2.00. The van der Waals surface area contributed by atoms with Crippen molar-refractivity contribution in [2.24, 2.45) is 0 Å². The number of anilines is 1. The topological polar surface area (TPSA) is 54.7 Å². The first-order chi connectivity index (χ1) is 6.77. The molecular formula is C9H8FN3S. The van der Waals surface area contributed by atoms with Crippen LogP contribution in [0.1, 0.15) is 0 Å². The van der Waals surface area contributed by atoms with Crippen LogP contribution in [0.3, 0.4) is 0 Å². The molecule has 3 N–H and O–H groups in total. The maximum absolute atomic E-state index is 13.2. The fourth-order valence-corrected chi connectivity index (χ4v) is 1.82. The number of hydrogen-bond donors (Lipinski definition) is 2. The summed E-state index contributed by atoms with van der Waals surface area (Å²) in [5.41, 5.74) is 5.58. The van der Waals surface area contributed by atoms with Gasteiger partial charge >= 0.3 is 0 Å². The van der Waals surface area contributed by atoms with E-state index in [1.54, 1.807) is 24.4 Å². The van der Waals surface area contributed by atoms with E-state index in [4.69, 9.17) is 5.73 Å². The van der Waals surface area contributed by atoms with Crippen LogP contribution in [0.4, 0.5) is 10.2 Å². The van der Waals surface area contributed by atoms with Crippen molar-refractivity contribution < 1.29 is 4.39 Å². The van der Waals surface area contributed by atoms with Gasteiger partial charge in [-0.25, -0.2) is 4.39 Å². The Morgan fingerprint density at radius 1 is 1.29 bits per heavy atom. The number of aromatic nitrogens is 2. The molecule has 0 fully saturated rings. The molecule has 0 spiro atoms. The second-order valence-electron chi connectivity index (χ2n) is 2.68. The van der Waals surface area contributed by atoms with Gasteiger partial charge in [0.05, 0.1) is 11.1 Å². The number of nitrogens with one attached hydrogen (secondary N) is 1. The molecule has 0 radical (unpaired) electrons. The van der Waals surface area contributed by atoms with Crippen molar-refractivity contribution in [3.05, 3.63) is 36.3 Å². The predicted octanol–water partition coefficient (Wildman–Crippen LogP) is 2.28. The summed E-state index contributed by atoms with van der Waals surface area (Å²) in [4.78, 5) is 1.27. The molecule has 2 rings (SSSR count). The SMILES string of the molecule is Nc1[nH]ncc1Sc1ccccc1F. The Kier molecular flexibility index (Phi) is 2.41. The van der Waals surface area contributed by atoms with Crippen LogP contribution in [-0.2, 0) is 0 Å². The van der Waals surface area contributed by atoms with Crippen molar-refractivity contribution in [3.63, 3.8) is 0 Å². The molecule has 1 aromatic heterocycles. The van der Waals surface area contributed by atoms with Crippen LogP contribution in [-0.4, -0.2) is 10.2 Å². The number of benzene rings is 1. The van der Waals surface area contributed by atoms with Gasteiger partial charge in [-0.3, -0.25) is 5.10 Å². The third kappa shape index (κ3) is 1.72. The van der Waals surface area contributed by atoms with Crippen molar-refractivity contribution in [2.45, 2.75) is 9.79 Å². The molecule has 0 unspecified atom stereocenters. The number of hydrogen-bond acceptors (Lipinski definition) is 3. The molecule has 0 saturated heterocycles. The quantitative estimate of drug-likeness (QED) is 0.797. The highest BCUT2D eigenvalue weighted by Gasteiger charge is 2.06. The maximum atomic E-state index is 13.2. The zero-order valence-electron chi connectivity index (χ0n) is 7.20. The van der Waals surface area contributed by atoms with Gasteiger partial charge in [0.15, 0.2) is 0 Å². The first-order valence-corrected chi connectivity index (χ1v) is 4.80. The minimum atomic E-state index is -0.252. The van der Waals surface area contributed by atoms with E-state index in [-0.39, 0.29) is 5.82 Å². The lowest BCUT2D eigenvalue weighted by Crippen LogP contribution is -1.86. The molecule has 0 saturated carbocycles. The monoisotopic (exact) mass is 209 g/mol. The van der Waals surface area contributed by atoms with Crippen LogP contribution in [0.15, 0.2) is 40.3 Å². The van der Waals surface area contributed by atoms with Crippen molar-refractivity contribution >= 4 is 17.6 Å². The fourth-order valence-electron chi connectivity index (χ4n) is 1.01. The molecule has 3 nitrogen and oxygen atoms in total. The normalized spacial score (nSPS) is 10.4. The molecule has 0 amide bonds. The van der Waals surface area contributed by atoms with Crippen molar-refractivity contribution in [1.82, 2.24) is 10.2 Å². The molecule has 72 valence electrons. The van der Waals surface area contributed by atoms with Crippen molar-refractivity contribution in [2.75, 3.05) is 5.73 Å². The zero-order valence-corrected chi connectivity index (χ0v) is 8.01. The van der Waals surface area contributed by atoms with Crippen molar-refractivity contribution in [3.8, 4) is 0 Å².